The summed E-state index contributed by atoms with van der Waals surface area (Å²) >= 11 is 0. The smallest absolute Gasteiger partial charge is 0.262 e. The summed E-state index contributed by atoms with van der Waals surface area (Å²) in [4.78, 5) is 16.4. The number of rotatable bonds is 3. The zero-order chi connectivity index (χ0) is 18.6. The van der Waals surface area contributed by atoms with E-state index in [2.05, 4.69) is 10.3 Å². The van der Waals surface area contributed by atoms with Gasteiger partial charge in [-0.25, -0.2) is 13.4 Å². The first kappa shape index (κ1) is 18.3. The minimum absolute atomic E-state index is 0.0410. The Morgan fingerprint density at radius 3 is 2.56 bits per heavy atom. The van der Waals surface area contributed by atoms with E-state index in [0.29, 0.717) is 19.4 Å². The second-order valence-corrected chi connectivity index (χ2v) is 9.59. The third kappa shape index (κ3) is 3.09. The molecule has 1 spiro atoms. The molecule has 1 N–H and O–H groups in total. The Morgan fingerprint density at radius 2 is 2.04 bits per heavy atom. The van der Waals surface area contributed by atoms with E-state index in [4.69, 9.17) is 4.74 Å². The van der Waals surface area contributed by atoms with Gasteiger partial charge in [0.1, 0.15) is 11.4 Å². The van der Waals surface area contributed by atoms with Crippen LogP contribution in [0.1, 0.15) is 52.3 Å². The van der Waals surface area contributed by atoms with Crippen molar-refractivity contribution < 1.29 is 17.9 Å². The molecule has 1 amide bonds. The highest BCUT2D eigenvalue weighted by molar-refractivity contribution is 7.89. The molecule has 1 atom stereocenters. The van der Waals surface area contributed by atoms with Crippen molar-refractivity contribution in [2.24, 2.45) is 7.05 Å². The number of hydrogen-bond donors (Lipinski definition) is 1. The lowest BCUT2D eigenvalue weighted by Gasteiger charge is -2.38. The average Bonchev–Trinajstić information content (AvgIpc) is 2.98. The molecule has 25 heavy (non-hydrogen) atoms. The molecule has 2 saturated heterocycles. The summed E-state index contributed by atoms with van der Waals surface area (Å²) in [5.74, 6) is 0.628. The van der Waals surface area contributed by atoms with E-state index in [1.807, 2.05) is 13.8 Å². The van der Waals surface area contributed by atoms with E-state index in [1.165, 1.54) is 4.31 Å². The van der Waals surface area contributed by atoms with E-state index < -0.39 is 21.3 Å². The molecule has 1 aromatic heterocycles. The van der Waals surface area contributed by atoms with Crippen LogP contribution in [0.15, 0.2) is 11.2 Å². The Labute approximate surface area is 148 Å². The summed E-state index contributed by atoms with van der Waals surface area (Å²) in [7, 11) is -1.95. The zero-order valence-electron chi connectivity index (χ0n) is 15.4. The van der Waals surface area contributed by atoms with Gasteiger partial charge in [-0.3, -0.25) is 4.79 Å². The van der Waals surface area contributed by atoms with Crippen LogP contribution in [0, 0.1) is 0 Å². The first-order valence-electron chi connectivity index (χ1n) is 8.53. The van der Waals surface area contributed by atoms with Crippen LogP contribution in [0.4, 0.5) is 0 Å². The molecule has 1 unspecified atom stereocenters. The topological polar surface area (TPSA) is 93.5 Å². The van der Waals surface area contributed by atoms with Gasteiger partial charge < -0.3 is 14.6 Å². The van der Waals surface area contributed by atoms with Crippen LogP contribution in [0.25, 0.3) is 0 Å². The van der Waals surface area contributed by atoms with Crippen LogP contribution >= 0.6 is 0 Å². The predicted molar refractivity (Wildman–Crippen MR) is 91.3 cm³/mol. The third-order valence-electron chi connectivity index (χ3n) is 4.77. The first-order chi connectivity index (χ1) is 11.5. The lowest BCUT2D eigenvalue weighted by Crippen LogP contribution is -2.56. The minimum Gasteiger partial charge on any atom is -0.339 e. The normalized spacial score (nSPS) is 27.2. The fourth-order valence-corrected chi connectivity index (χ4v) is 5.05. The number of aryl methyl sites for hydroxylation is 1. The van der Waals surface area contributed by atoms with Crippen molar-refractivity contribution in [2.45, 2.75) is 62.8 Å². The molecule has 0 saturated carbocycles. The van der Waals surface area contributed by atoms with Crippen LogP contribution in [0.3, 0.4) is 0 Å². The molecule has 3 heterocycles. The van der Waals surface area contributed by atoms with Crippen LogP contribution in [-0.2, 0) is 26.6 Å². The van der Waals surface area contributed by atoms with Crippen LogP contribution in [0.5, 0.6) is 0 Å². The molecule has 9 heteroatoms. The number of nitrogens with one attached hydrogen (secondary N) is 1. The number of amides is 1. The molecule has 0 radical (unpaired) electrons. The number of carbonyl (C=O) groups excluding carboxylic acids is 1. The fourth-order valence-electron chi connectivity index (χ4n) is 3.54. The van der Waals surface area contributed by atoms with Gasteiger partial charge in [0.25, 0.3) is 15.9 Å². The zero-order valence-corrected chi connectivity index (χ0v) is 16.2. The van der Waals surface area contributed by atoms with E-state index in [0.717, 1.165) is 5.82 Å². The van der Waals surface area contributed by atoms with Gasteiger partial charge >= 0.3 is 0 Å². The standard InChI is InChI=1S/C16H26N4O4S/c1-11(2)13-17-12(9-19(13)5)25(22,23)20-8-6-7-16(10-20)18-14(21)15(3,4)24-16/h9,11H,6-8,10H2,1-5H3,(H,18,21). The van der Waals surface area contributed by atoms with Crippen molar-refractivity contribution in [3.8, 4) is 0 Å². The molecular formula is C16H26N4O4S. The van der Waals surface area contributed by atoms with Gasteiger partial charge in [0.05, 0.1) is 6.54 Å². The third-order valence-corrected chi connectivity index (χ3v) is 6.49. The molecule has 0 aliphatic carbocycles. The van der Waals surface area contributed by atoms with Gasteiger partial charge in [0.15, 0.2) is 10.8 Å². The van der Waals surface area contributed by atoms with Gasteiger partial charge in [-0.1, -0.05) is 13.8 Å². The van der Waals surface area contributed by atoms with Crippen molar-refractivity contribution in [3.63, 3.8) is 0 Å². The minimum atomic E-state index is -3.75. The van der Waals surface area contributed by atoms with Crippen LogP contribution in [-0.4, -0.2) is 52.6 Å². The van der Waals surface area contributed by atoms with Crippen molar-refractivity contribution >= 4 is 15.9 Å². The molecule has 1 aromatic rings. The number of nitrogens with zero attached hydrogens (tertiary/aromatic N) is 3. The van der Waals surface area contributed by atoms with Crippen LogP contribution in [0.2, 0.25) is 0 Å². The van der Waals surface area contributed by atoms with Crippen LogP contribution < -0.4 is 5.32 Å². The molecule has 2 fully saturated rings. The average molecular weight is 370 g/mol. The van der Waals surface area contributed by atoms with Gasteiger partial charge in [-0.05, 0) is 26.7 Å². The maximum absolute atomic E-state index is 13.0. The number of piperidine rings is 1. The Bertz CT molecular complexity index is 799. The lowest BCUT2D eigenvalue weighted by atomic mass is 10.0. The van der Waals surface area contributed by atoms with Gasteiger partial charge in [-0.2, -0.15) is 4.31 Å². The van der Waals surface area contributed by atoms with Crippen molar-refractivity contribution in [1.82, 2.24) is 19.2 Å². The predicted octanol–water partition coefficient (Wildman–Crippen LogP) is 0.949. The number of sulfonamides is 1. The molecule has 3 rings (SSSR count). The first-order valence-corrected chi connectivity index (χ1v) is 9.97. The number of ether oxygens (including phenoxy) is 1. The number of imidazole rings is 1. The Hall–Kier alpha value is -1.45. The molecule has 2 aliphatic heterocycles. The molecule has 0 bridgehead atoms. The van der Waals surface area contributed by atoms with Crippen molar-refractivity contribution in [1.29, 1.82) is 0 Å². The quantitative estimate of drug-likeness (QED) is 0.855. The van der Waals surface area contributed by atoms with Gasteiger partial charge in [0, 0.05) is 25.7 Å². The van der Waals surface area contributed by atoms with Crippen molar-refractivity contribution in [2.75, 3.05) is 13.1 Å². The second-order valence-electron chi connectivity index (χ2n) is 7.71. The molecule has 8 nitrogen and oxygen atoms in total. The molecule has 0 aromatic carbocycles. The Kier molecular flexibility index (Phi) is 4.24. The number of aromatic nitrogens is 2. The number of carbonyl (C=O) groups is 1. The molecule has 140 valence electrons. The Morgan fingerprint density at radius 1 is 1.36 bits per heavy atom. The molecule has 2 aliphatic rings. The van der Waals surface area contributed by atoms with E-state index in [-0.39, 0.29) is 23.4 Å². The molecular weight excluding hydrogens is 344 g/mol. The summed E-state index contributed by atoms with van der Waals surface area (Å²) in [6.07, 6.45) is 2.75. The maximum atomic E-state index is 13.0. The highest BCUT2D eigenvalue weighted by atomic mass is 32.2. The van der Waals surface area contributed by atoms with Gasteiger partial charge in [0.2, 0.25) is 0 Å². The summed E-state index contributed by atoms with van der Waals surface area (Å²) in [5.41, 5.74) is -1.91. The maximum Gasteiger partial charge on any atom is 0.262 e. The fraction of sp³-hybridized carbons (Fsp3) is 0.750. The Balaban J connectivity index is 1.88. The second kappa shape index (κ2) is 5.78. The van der Waals surface area contributed by atoms with E-state index >= 15 is 0 Å². The summed E-state index contributed by atoms with van der Waals surface area (Å²) in [5, 5.41) is 2.90. The highest BCUT2D eigenvalue weighted by Gasteiger charge is 2.53. The SMILES string of the molecule is CC(C)c1nc(S(=O)(=O)N2CCCC3(C2)NC(=O)C(C)(C)O3)cn1C. The highest BCUT2D eigenvalue weighted by Crippen LogP contribution is 2.35. The van der Waals surface area contributed by atoms with Crippen molar-refractivity contribution in [3.05, 3.63) is 12.0 Å². The van der Waals surface area contributed by atoms with Gasteiger partial charge in [-0.15, -0.1) is 0 Å². The summed E-state index contributed by atoms with van der Waals surface area (Å²) in [6, 6.07) is 0. The number of hydrogen-bond acceptors (Lipinski definition) is 5. The van der Waals surface area contributed by atoms with E-state index in [1.54, 1.807) is 31.7 Å². The van der Waals surface area contributed by atoms with E-state index in [9.17, 15) is 13.2 Å². The summed E-state index contributed by atoms with van der Waals surface area (Å²) < 4.78 is 35.1. The lowest BCUT2D eigenvalue weighted by molar-refractivity contribution is -0.137. The monoisotopic (exact) mass is 370 g/mol. The largest absolute Gasteiger partial charge is 0.339 e. The summed E-state index contributed by atoms with van der Waals surface area (Å²) in [6.45, 7) is 7.81.